The smallest absolute Gasteiger partial charge is 0.146 e. The summed E-state index contributed by atoms with van der Waals surface area (Å²) in [6.07, 6.45) is 1.89. The van der Waals surface area contributed by atoms with Crippen molar-refractivity contribution in [2.75, 3.05) is 6.26 Å². The Morgan fingerprint density at radius 2 is 2.05 bits per heavy atom. The first-order chi connectivity index (χ1) is 9.52. The molecular weight excluding hydrogens is 299 g/mol. The summed E-state index contributed by atoms with van der Waals surface area (Å²) in [7, 11) is 0. The lowest BCUT2D eigenvalue weighted by Crippen LogP contribution is -2.13. The summed E-state index contributed by atoms with van der Waals surface area (Å²) in [5.74, 6) is 0.196. The molecule has 0 saturated heterocycles. The molecule has 0 heterocycles. The van der Waals surface area contributed by atoms with Gasteiger partial charge >= 0.3 is 0 Å². The molecule has 20 heavy (non-hydrogen) atoms. The van der Waals surface area contributed by atoms with Crippen LogP contribution >= 0.6 is 23.4 Å². The number of nitrogens with one attached hydrogen (secondary N) is 1. The zero-order chi connectivity index (χ0) is 14.7. The van der Waals surface area contributed by atoms with Crippen LogP contribution < -0.4 is 10.5 Å². The Balaban J connectivity index is 2.45. The number of hydrogen-bond donors (Lipinski definition) is 2. The number of hydrogen-bond acceptors (Lipinski definition) is 3. The van der Waals surface area contributed by atoms with Gasteiger partial charge in [-0.3, -0.25) is 5.41 Å². The van der Waals surface area contributed by atoms with Crippen molar-refractivity contribution in [2.24, 2.45) is 5.73 Å². The number of ether oxygens (including phenoxy) is 1. The number of halogens is 2. The summed E-state index contributed by atoms with van der Waals surface area (Å²) in [5.41, 5.74) is 6.10. The van der Waals surface area contributed by atoms with Crippen LogP contribution in [0.15, 0.2) is 41.3 Å². The SMILES string of the molecule is CSc1cccc(Oc2ccc(F)cc2Cl)c1C(=N)N. The fourth-order valence-corrected chi connectivity index (χ4v) is 2.54. The van der Waals surface area contributed by atoms with Gasteiger partial charge in [-0.25, -0.2) is 4.39 Å². The van der Waals surface area contributed by atoms with Crippen LogP contribution in [0.2, 0.25) is 5.02 Å². The lowest BCUT2D eigenvalue weighted by molar-refractivity contribution is 0.478. The van der Waals surface area contributed by atoms with Crippen molar-refractivity contribution in [3.8, 4) is 11.5 Å². The first-order valence-electron chi connectivity index (χ1n) is 5.67. The fourth-order valence-electron chi connectivity index (χ4n) is 1.71. The summed E-state index contributed by atoms with van der Waals surface area (Å²) >= 11 is 7.39. The van der Waals surface area contributed by atoms with E-state index in [9.17, 15) is 4.39 Å². The molecular formula is C14H12ClFN2OS. The van der Waals surface area contributed by atoms with Crippen LogP contribution in [0.3, 0.4) is 0 Å². The van der Waals surface area contributed by atoms with Gasteiger partial charge in [-0.15, -0.1) is 11.8 Å². The molecule has 6 heteroatoms. The van der Waals surface area contributed by atoms with E-state index in [1.807, 2.05) is 12.3 Å². The molecule has 3 nitrogen and oxygen atoms in total. The predicted molar refractivity (Wildman–Crippen MR) is 80.7 cm³/mol. The van der Waals surface area contributed by atoms with Gasteiger partial charge in [0.1, 0.15) is 23.2 Å². The highest BCUT2D eigenvalue weighted by Gasteiger charge is 2.14. The minimum atomic E-state index is -0.438. The average Bonchev–Trinajstić information content (AvgIpc) is 2.41. The Hall–Kier alpha value is -1.72. The Morgan fingerprint density at radius 3 is 2.65 bits per heavy atom. The molecule has 0 spiro atoms. The van der Waals surface area contributed by atoms with Crippen LogP contribution in [0.4, 0.5) is 4.39 Å². The molecule has 0 aliphatic heterocycles. The number of nitrogen functional groups attached to an aromatic ring is 1. The molecule has 0 unspecified atom stereocenters. The van der Waals surface area contributed by atoms with E-state index in [1.54, 1.807) is 12.1 Å². The first kappa shape index (κ1) is 14.7. The minimum Gasteiger partial charge on any atom is -0.455 e. The van der Waals surface area contributed by atoms with Crippen LogP contribution in [0.1, 0.15) is 5.56 Å². The van der Waals surface area contributed by atoms with Crippen molar-refractivity contribution in [3.05, 3.63) is 52.8 Å². The molecule has 2 aromatic carbocycles. The minimum absolute atomic E-state index is 0.0943. The highest BCUT2D eigenvalue weighted by atomic mass is 35.5. The van der Waals surface area contributed by atoms with Crippen LogP contribution in [0.5, 0.6) is 11.5 Å². The molecule has 2 aromatic rings. The molecule has 104 valence electrons. The third-order valence-corrected chi connectivity index (χ3v) is 3.67. The van der Waals surface area contributed by atoms with Gasteiger partial charge in [0.15, 0.2) is 0 Å². The van der Waals surface area contributed by atoms with Gasteiger partial charge in [-0.2, -0.15) is 0 Å². The maximum absolute atomic E-state index is 13.0. The van der Waals surface area contributed by atoms with Gasteiger partial charge < -0.3 is 10.5 Å². The Bertz CT molecular complexity index is 664. The first-order valence-corrected chi connectivity index (χ1v) is 7.27. The third kappa shape index (κ3) is 3.05. The number of rotatable bonds is 4. The van der Waals surface area contributed by atoms with Crippen molar-refractivity contribution in [2.45, 2.75) is 4.90 Å². The second-order valence-corrected chi connectivity index (χ2v) is 5.18. The summed E-state index contributed by atoms with van der Waals surface area (Å²) < 4.78 is 18.7. The monoisotopic (exact) mass is 310 g/mol. The van der Waals surface area contributed by atoms with E-state index in [1.165, 1.54) is 30.0 Å². The van der Waals surface area contributed by atoms with Crippen molar-refractivity contribution >= 4 is 29.2 Å². The number of benzene rings is 2. The summed E-state index contributed by atoms with van der Waals surface area (Å²) in [6, 6.07) is 9.20. The summed E-state index contributed by atoms with van der Waals surface area (Å²) in [5, 5.41) is 7.83. The zero-order valence-electron chi connectivity index (χ0n) is 10.6. The van der Waals surface area contributed by atoms with Crippen LogP contribution in [-0.4, -0.2) is 12.1 Å². The van der Waals surface area contributed by atoms with Gasteiger partial charge in [0.05, 0.1) is 10.6 Å². The van der Waals surface area contributed by atoms with Gasteiger partial charge in [-0.1, -0.05) is 17.7 Å². The van der Waals surface area contributed by atoms with Crippen LogP contribution in [0, 0.1) is 11.2 Å². The quantitative estimate of drug-likeness (QED) is 0.503. The normalized spacial score (nSPS) is 10.3. The standard InChI is InChI=1S/C14H12ClFN2OS/c1-20-12-4-2-3-11(13(12)14(17)18)19-10-6-5-8(16)7-9(10)15/h2-7H,1H3,(H3,17,18). The van der Waals surface area contributed by atoms with Gasteiger partial charge in [0.2, 0.25) is 0 Å². The summed E-state index contributed by atoms with van der Waals surface area (Å²) in [4.78, 5) is 0.827. The van der Waals surface area contributed by atoms with Gasteiger partial charge in [-0.05, 0) is 36.6 Å². The zero-order valence-corrected chi connectivity index (χ0v) is 12.2. The van der Waals surface area contributed by atoms with E-state index < -0.39 is 5.82 Å². The van der Waals surface area contributed by atoms with E-state index in [0.717, 1.165) is 4.90 Å². The molecule has 0 amide bonds. The van der Waals surface area contributed by atoms with E-state index >= 15 is 0 Å². The average molecular weight is 311 g/mol. The molecule has 0 radical (unpaired) electrons. The second kappa shape index (κ2) is 6.15. The maximum atomic E-state index is 13.0. The van der Waals surface area contributed by atoms with Crippen LogP contribution in [-0.2, 0) is 0 Å². The molecule has 0 aliphatic carbocycles. The van der Waals surface area contributed by atoms with Gasteiger partial charge in [0.25, 0.3) is 0 Å². The maximum Gasteiger partial charge on any atom is 0.146 e. The van der Waals surface area contributed by atoms with E-state index in [2.05, 4.69) is 0 Å². The Kier molecular flexibility index (Phi) is 4.52. The van der Waals surface area contributed by atoms with Crippen LogP contribution in [0.25, 0.3) is 0 Å². The Morgan fingerprint density at radius 1 is 1.30 bits per heavy atom. The lowest BCUT2D eigenvalue weighted by Gasteiger charge is -2.14. The topological polar surface area (TPSA) is 59.1 Å². The number of thioether (sulfide) groups is 1. The molecule has 0 bridgehead atoms. The van der Waals surface area contributed by atoms with E-state index in [-0.39, 0.29) is 10.9 Å². The number of amidine groups is 1. The molecule has 0 atom stereocenters. The molecule has 0 fully saturated rings. The predicted octanol–water partition coefficient (Wildman–Crippen LogP) is 4.28. The number of nitrogens with two attached hydrogens (primary N) is 1. The Labute approximate surface area is 125 Å². The molecule has 0 aromatic heterocycles. The molecule has 2 rings (SSSR count). The molecule has 0 aliphatic rings. The van der Waals surface area contributed by atoms with Crippen molar-refractivity contribution in [1.29, 1.82) is 5.41 Å². The van der Waals surface area contributed by atoms with Gasteiger partial charge in [0, 0.05) is 4.90 Å². The molecule has 0 saturated carbocycles. The van der Waals surface area contributed by atoms with Crippen molar-refractivity contribution in [3.63, 3.8) is 0 Å². The fraction of sp³-hybridized carbons (Fsp3) is 0.0714. The van der Waals surface area contributed by atoms with E-state index in [4.69, 9.17) is 27.5 Å². The highest BCUT2D eigenvalue weighted by Crippen LogP contribution is 2.34. The van der Waals surface area contributed by atoms with Crippen molar-refractivity contribution in [1.82, 2.24) is 0 Å². The largest absolute Gasteiger partial charge is 0.455 e. The second-order valence-electron chi connectivity index (χ2n) is 3.92. The highest BCUT2D eigenvalue weighted by molar-refractivity contribution is 7.98. The molecule has 3 N–H and O–H groups in total. The lowest BCUT2D eigenvalue weighted by atomic mass is 10.2. The summed E-state index contributed by atoms with van der Waals surface area (Å²) in [6.45, 7) is 0. The van der Waals surface area contributed by atoms with E-state index in [0.29, 0.717) is 17.1 Å². The third-order valence-electron chi connectivity index (χ3n) is 2.59. The van der Waals surface area contributed by atoms with Crippen molar-refractivity contribution < 1.29 is 9.13 Å².